The summed E-state index contributed by atoms with van der Waals surface area (Å²) in [4.78, 5) is 0. The minimum atomic E-state index is 0.213. The van der Waals surface area contributed by atoms with E-state index in [1.54, 1.807) is 0 Å². The monoisotopic (exact) mass is 420 g/mol. The third-order valence-corrected chi connectivity index (χ3v) is 3.78. The van der Waals surface area contributed by atoms with Crippen LogP contribution in [0.5, 0.6) is 11.5 Å². The number of ether oxygens (including phenoxy) is 7. The molecule has 2 aromatic carbocycles. The van der Waals surface area contributed by atoms with Crippen molar-refractivity contribution in [3.8, 4) is 11.5 Å². The van der Waals surface area contributed by atoms with Gasteiger partial charge in [0.05, 0.1) is 59.5 Å². The number of benzene rings is 2. The van der Waals surface area contributed by atoms with Gasteiger partial charge in [-0.1, -0.05) is 36.4 Å². The lowest BCUT2D eigenvalue weighted by Crippen LogP contribution is -2.14. The molecule has 0 saturated carbocycles. The number of para-hydroxylation sites is 2. The minimum absolute atomic E-state index is 0.213. The fraction of sp³-hybridized carbons (Fsp3) is 0.478. The highest BCUT2D eigenvalue weighted by molar-refractivity contribution is 5.21. The van der Waals surface area contributed by atoms with Gasteiger partial charge in [-0.3, -0.25) is 0 Å². The van der Waals surface area contributed by atoms with E-state index in [-0.39, 0.29) is 6.79 Å². The molecule has 0 spiro atoms. The fourth-order valence-corrected chi connectivity index (χ4v) is 2.30. The van der Waals surface area contributed by atoms with Crippen molar-refractivity contribution < 1.29 is 33.2 Å². The Morgan fingerprint density at radius 2 is 0.733 bits per heavy atom. The summed E-state index contributed by atoms with van der Waals surface area (Å²) >= 11 is 0. The second-order valence-electron chi connectivity index (χ2n) is 6.09. The molecule has 2 rings (SSSR count). The molecule has 0 bridgehead atoms. The normalized spacial score (nSPS) is 10.8. The fourth-order valence-electron chi connectivity index (χ4n) is 2.30. The quantitative estimate of drug-likeness (QED) is 0.255. The summed E-state index contributed by atoms with van der Waals surface area (Å²) in [6.45, 7) is 5.44. The maximum absolute atomic E-state index is 5.53. The molecule has 0 heterocycles. The van der Waals surface area contributed by atoms with Gasteiger partial charge in [0.1, 0.15) is 18.1 Å². The van der Waals surface area contributed by atoms with Crippen LogP contribution in [0.2, 0.25) is 0 Å². The van der Waals surface area contributed by atoms with Crippen molar-refractivity contribution in [1.29, 1.82) is 0 Å². The van der Waals surface area contributed by atoms with Crippen LogP contribution in [0.3, 0.4) is 0 Å². The van der Waals surface area contributed by atoms with E-state index in [0.29, 0.717) is 66.1 Å². The molecule has 0 radical (unpaired) electrons. The Balaban J connectivity index is 1.23. The lowest BCUT2D eigenvalue weighted by molar-refractivity contribution is -0.0329. The maximum atomic E-state index is 5.53. The van der Waals surface area contributed by atoms with Crippen molar-refractivity contribution in [3.05, 3.63) is 60.7 Å². The van der Waals surface area contributed by atoms with Gasteiger partial charge >= 0.3 is 0 Å². The van der Waals surface area contributed by atoms with Crippen molar-refractivity contribution in [1.82, 2.24) is 0 Å². The molecule has 0 aliphatic heterocycles. The molecule has 0 aliphatic carbocycles. The first-order valence-electron chi connectivity index (χ1n) is 10.2. The largest absolute Gasteiger partial charge is 0.491 e. The van der Waals surface area contributed by atoms with E-state index in [2.05, 4.69) is 0 Å². The van der Waals surface area contributed by atoms with E-state index in [1.165, 1.54) is 0 Å². The van der Waals surface area contributed by atoms with Crippen LogP contribution in [0.4, 0.5) is 0 Å². The predicted molar refractivity (Wildman–Crippen MR) is 113 cm³/mol. The summed E-state index contributed by atoms with van der Waals surface area (Å²) in [5.74, 6) is 1.64. The molecule has 0 atom stereocenters. The second-order valence-corrected chi connectivity index (χ2v) is 6.09. The molecule has 0 aromatic heterocycles. The van der Waals surface area contributed by atoms with Crippen molar-refractivity contribution in [2.24, 2.45) is 0 Å². The SMILES string of the molecule is c1ccc(OCCOCCOCCOCCOCCOCOc2ccccc2)cc1. The minimum Gasteiger partial charge on any atom is -0.491 e. The Morgan fingerprint density at radius 1 is 0.367 bits per heavy atom. The van der Waals surface area contributed by atoms with Crippen LogP contribution in [0, 0.1) is 0 Å². The standard InChI is InChI=1S/C23H32O7/c1-3-7-22(8-4-1)29-20-19-27-16-15-25-12-11-24-13-14-26-17-18-28-21-30-23-9-5-2-6-10-23/h1-10H,11-21H2. The zero-order valence-corrected chi connectivity index (χ0v) is 17.4. The Hall–Kier alpha value is -2.16. The Morgan fingerprint density at radius 3 is 1.20 bits per heavy atom. The predicted octanol–water partition coefficient (Wildman–Crippen LogP) is 3.18. The van der Waals surface area contributed by atoms with Gasteiger partial charge in [0.2, 0.25) is 0 Å². The lowest BCUT2D eigenvalue weighted by atomic mass is 10.3. The maximum Gasteiger partial charge on any atom is 0.189 e. The summed E-state index contributed by atoms with van der Waals surface area (Å²) in [7, 11) is 0. The zero-order chi connectivity index (χ0) is 21.0. The molecule has 0 N–H and O–H groups in total. The van der Waals surface area contributed by atoms with Crippen LogP contribution < -0.4 is 9.47 Å². The first-order valence-corrected chi connectivity index (χ1v) is 10.2. The van der Waals surface area contributed by atoms with E-state index in [9.17, 15) is 0 Å². The zero-order valence-electron chi connectivity index (χ0n) is 17.4. The molecule has 2 aromatic rings. The van der Waals surface area contributed by atoms with Crippen LogP contribution in [-0.4, -0.2) is 72.9 Å². The third kappa shape index (κ3) is 13.1. The molecule has 7 heteroatoms. The number of rotatable bonds is 19. The van der Waals surface area contributed by atoms with E-state index in [0.717, 1.165) is 11.5 Å². The van der Waals surface area contributed by atoms with Gasteiger partial charge in [0.15, 0.2) is 6.79 Å². The van der Waals surface area contributed by atoms with E-state index >= 15 is 0 Å². The molecule has 0 aliphatic rings. The van der Waals surface area contributed by atoms with Gasteiger partial charge in [-0.05, 0) is 24.3 Å². The summed E-state index contributed by atoms with van der Waals surface area (Å²) in [5.41, 5.74) is 0. The Bertz CT molecular complexity index is 554. The molecule has 0 saturated heterocycles. The van der Waals surface area contributed by atoms with E-state index in [1.807, 2.05) is 60.7 Å². The first-order chi connectivity index (χ1) is 14.9. The van der Waals surface area contributed by atoms with Crippen LogP contribution in [0.25, 0.3) is 0 Å². The van der Waals surface area contributed by atoms with E-state index < -0.39 is 0 Å². The second kappa shape index (κ2) is 17.7. The van der Waals surface area contributed by atoms with E-state index in [4.69, 9.17) is 33.2 Å². The third-order valence-electron chi connectivity index (χ3n) is 3.78. The molecule has 166 valence electrons. The topological polar surface area (TPSA) is 64.6 Å². The van der Waals surface area contributed by atoms with Crippen LogP contribution in [-0.2, 0) is 23.7 Å². The number of hydrogen-bond acceptors (Lipinski definition) is 7. The van der Waals surface area contributed by atoms with Gasteiger partial charge in [-0.2, -0.15) is 0 Å². The molecule has 0 fully saturated rings. The first kappa shape index (κ1) is 24.1. The van der Waals surface area contributed by atoms with Crippen molar-refractivity contribution in [3.63, 3.8) is 0 Å². The molecular formula is C23H32O7. The van der Waals surface area contributed by atoms with Gasteiger partial charge in [0, 0.05) is 0 Å². The summed E-state index contributed by atoms with van der Waals surface area (Å²) < 4.78 is 38.0. The summed E-state index contributed by atoms with van der Waals surface area (Å²) in [5, 5.41) is 0. The Kier molecular flexibility index (Phi) is 14.2. The molecular weight excluding hydrogens is 388 g/mol. The summed E-state index contributed by atoms with van der Waals surface area (Å²) in [6, 6.07) is 19.2. The smallest absolute Gasteiger partial charge is 0.189 e. The average molecular weight is 421 g/mol. The molecule has 0 amide bonds. The highest BCUT2D eigenvalue weighted by atomic mass is 16.7. The van der Waals surface area contributed by atoms with Crippen LogP contribution >= 0.6 is 0 Å². The van der Waals surface area contributed by atoms with Crippen molar-refractivity contribution >= 4 is 0 Å². The van der Waals surface area contributed by atoms with Crippen LogP contribution in [0.15, 0.2) is 60.7 Å². The van der Waals surface area contributed by atoms with Gasteiger partial charge in [0.25, 0.3) is 0 Å². The van der Waals surface area contributed by atoms with Gasteiger partial charge in [-0.25, -0.2) is 0 Å². The van der Waals surface area contributed by atoms with Crippen LogP contribution in [0.1, 0.15) is 0 Å². The molecule has 30 heavy (non-hydrogen) atoms. The molecule has 7 nitrogen and oxygen atoms in total. The van der Waals surface area contributed by atoms with Gasteiger partial charge in [-0.15, -0.1) is 0 Å². The highest BCUT2D eigenvalue weighted by Gasteiger charge is 1.95. The Labute approximate surface area is 178 Å². The lowest BCUT2D eigenvalue weighted by Gasteiger charge is -2.09. The number of hydrogen-bond donors (Lipinski definition) is 0. The summed E-state index contributed by atoms with van der Waals surface area (Å²) in [6.07, 6.45) is 0. The van der Waals surface area contributed by atoms with Crippen molar-refractivity contribution in [2.75, 3.05) is 72.9 Å². The van der Waals surface area contributed by atoms with Crippen molar-refractivity contribution in [2.45, 2.75) is 0 Å². The van der Waals surface area contributed by atoms with Gasteiger partial charge < -0.3 is 33.2 Å². The average Bonchev–Trinajstić information content (AvgIpc) is 2.79. The highest BCUT2D eigenvalue weighted by Crippen LogP contribution is 2.08. The molecule has 0 unspecified atom stereocenters.